The van der Waals surface area contributed by atoms with Crippen molar-refractivity contribution in [1.29, 1.82) is 0 Å². The predicted octanol–water partition coefficient (Wildman–Crippen LogP) is 1.42. The zero-order valence-electron chi connectivity index (χ0n) is 10.5. The number of carbonyl (C=O) groups is 1. The van der Waals surface area contributed by atoms with Crippen molar-refractivity contribution in [2.24, 2.45) is 0 Å². The van der Waals surface area contributed by atoms with Crippen LogP contribution in [0.5, 0.6) is 0 Å². The highest BCUT2D eigenvalue weighted by molar-refractivity contribution is 6.01. The number of tetrazole rings is 1. The highest BCUT2D eigenvalue weighted by Crippen LogP contribution is 2.20. The Morgan fingerprint density at radius 1 is 1.30 bits per heavy atom. The fourth-order valence-corrected chi connectivity index (χ4v) is 1.67. The molecule has 2 heterocycles. The SMILES string of the molecule is Cc1nc(-c2ccc(NC(=O)c3nn[nH]n3)cc2)co1. The summed E-state index contributed by atoms with van der Waals surface area (Å²) in [6, 6.07) is 7.20. The number of aryl methyl sites for hydroxylation is 1. The summed E-state index contributed by atoms with van der Waals surface area (Å²) in [6.45, 7) is 1.78. The summed E-state index contributed by atoms with van der Waals surface area (Å²) in [5, 5.41) is 15.4. The number of carbonyl (C=O) groups excluding carboxylic acids is 1. The average molecular weight is 270 g/mol. The first-order chi connectivity index (χ1) is 9.72. The number of nitrogens with one attached hydrogen (secondary N) is 2. The van der Waals surface area contributed by atoms with Gasteiger partial charge in [0.05, 0.1) is 0 Å². The summed E-state index contributed by atoms with van der Waals surface area (Å²) in [5.74, 6) is 0.166. The summed E-state index contributed by atoms with van der Waals surface area (Å²) in [5.41, 5.74) is 2.28. The molecule has 3 aromatic rings. The molecule has 100 valence electrons. The van der Waals surface area contributed by atoms with Crippen LogP contribution in [0.15, 0.2) is 34.9 Å². The summed E-state index contributed by atoms with van der Waals surface area (Å²) in [4.78, 5) is 15.9. The fraction of sp³-hybridized carbons (Fsp3) is 0.0833. The first-order valence-electron chi connectivity index (χ1n) is 5.80. The van der Waals surface area contributed by atoms with Gasteiger partial charge in [0.2, 0.25) is 0 Å². The Morgan fingerprint density at radius 2 is 2.10 bits per heavy atom. The third-order valence-electron chi connectivity index (χ3n) is 2.61. The van der Waals surface area contributed by atoms with Crippen LogP contribution in [0.3, 0.4) is 0 Å². The van der Waals surface area contributed by atoms with Crippen molar-refractivity contribution >= 4 is 11.6 Å². The molecular weight excluding hydrogens is 260 g/mol. The lowest BCUT2D eigenvalue weighted by molar-refractivity contribution is 0.101. The molecule has 8 nitrogen and oxygen atoms in total. The van der Waals surface area contributed by atoms with Gasteiger partial charge in [-0.05, 0) is 17.3 Å². The number of benzene rings is 1. The Balaban J connectivity index is 1.75. The van der Waals surface area contributed by atoms with E-state index in [0.717, 1.165) is 11.3 Å². The molecule has 0 atom stereocenters. The van der Waals surface area contributed by atoms with Gasteiger partial charge < -0.3 is 9.73 Å². The molecule has 1 aromatic carbocycles. The van der Waals surface area contributed by atoms with E-state index in [9.17, 15) is 4.79 Å². The summed E-state index contributed by atoms with van der Waals surface area (Å²) in [6.07, 6.45) is 1.59. The molecule has 0 radical (unpaired) electrons. The Kier molecular flexibility index (Phi) is 2.96. The van der Waals surface area contributed by atoms with E-state index in [4.69, 9.17) is 4.42 Å². The van der Waals surface area contributed by atoms with Gasteiger partial charge in [0.1, 0.15) is 12.0 Å². The largest absolute Gasteiger partial charge is 0.449 e. The highest BCUT2D eigenvalue weighted by Gasteiger charge is 2.11. The van der Waals surface area contributed by atoms with Crippen LogP contribution in [-0.2, 0) is 0 Å². The number of oxazole rings is 1. The quantitative estimate of drug-likeness (QED) is 0.744. The molecule has 2 N–H and O–H groups in total. The lowest BCUT2D eigenvalue weighted by Gasteiger charge is -2.03. The summed E-state index contributed by atoms with van der Waals surface area (Å²) < 4.78 is 5.15. The van der Waals surface area contributed by atoms with E-state index in [-0.39, 0.29) is 5.82 Å². The molecule has 0 unspecified atom stereocenters. The molecule has 0 aliphatic heterocycles. The van der Waals surface area contributed by atoms with Crippen LogP contribution in [0.1, 0.15) is 16.5 Å². The number of amides is 1. The standard InChI is InChI=1S/C12H10N6O2/c1-7-13-10(6-20-7)8-2-4-9(5-3-8)14-12(19)11-15-17-18-16-11/h2-6H,1H3,(H,14,19)(H,15,16,17,18). The first-order valence-corrected chi connectivity index (χ1v) is 5.80. The van der Waals surface area contributed by atoms with Crippen LogP contribution in [0, 0.1) is 6.92 Å². The minimum atomic E-state index is -0.427. The molecule has 0 aliphatic carbocycles. The molecule has 0 saturated carbocycles. The summed E-state index contributed by atoms with van der Waals surface area (Å²) in [7, 11) is 0. The lowest BCUT2D eigenvalue weighted by atomic mass is 10.1. The van der Waals surface area contributed by atoms with Gasteiger partial charge in [-0.3, -0.25) is 4.79 Å². The Hall–Kier alpha value is -3.03. The Labute approximate surface area is 113 Å². The molecule has 2 aromatic heterocycles. The number of rotatable bonds is 3. The van der Waals surface area contributed by atoms with Crippen molar-refractivity contribution in [3.8, 4) is 11.3 Å². The van der Waals surface area contributed by atoms with Crippen LogP contribution in [0.2, 0.25) is 0 Å². The predicted molar refractivity (Wildman–Crippen MR) is 68.8 cm³/mol. The van der Waals surface area contributed by atoms with Gasteiger partial charge >= 0.3 is 0 Å². The van der Waals surface area contributed by atoms with E-state index in [1.807, 2.05) is 12.1 Å². The number of nitrogens with zero attached hydrogens (tertiary/aromatic N) is 4. The van der Waals surface area contributed by atoms with E-state index in [1.165, 1.54) is 0 Å². The monoisotopic (exact) mass is 270 g/mol. The van der Waals surface area contributed by atoms with Crippen molar-refractivity contribution < 1.29 is 9.21 Å². The Bertz CT molecular complexity index is 717. The zero-order valence-corrected chi connectivity index (χ0v) is 10.5. The molecule has 0 fully saturated rings. The number of H-pyrrole nitrogens is 1. The average Bonchev–Trinajstić information content (AvgIpc) is 3.10. The van der Waals surface area contributed by atoms with Gasteiger partial charge in [-0.25, -0.2) is 4.98 Å². The van der Waals surface area contributed by atoms with Crippen molar-refractivity contribution in [2.45, 2.75) is 6.92 Å². The van der Waals surface area contributed by atoms with Crippen molar-refractivity contribution in [2.75, 3.05) is 5.32 Å². The number of hydrogen-bond donors (Lipinski definition) is 2. The minimum Gasteiger partial charge on any atom is -0.449 e. The molecular formula is C12H10N6O2. The topological polar surface area (TPSA) is 110 Å². The molecule has 3 rings (SSSR count). The number of aromatic amines is 1. The van der Waals surface area contributed by atoms with Gasteiger partial charge in [-0.1, -0.05) is 12.1 Å². The van der Waals surface area contributed by atoms with E-state index in [0.29, 0.717) is 11.6 Å². The van der Waals surface area contributed by atoms with Crippen LogP contribution in [0.25, 0.3) is 11.3 Å². The molecule has 0 aliphatic rings. The maximum Gasteiger partial charge on any atom is 0.297 e. The molecule has 20 heavy (non-hydrogen) atoms. The van der Waals surface area contributed by atoms with Crippen LogP contribution < -0.4 is 5.32 Å². The molecule has 1 amide bonds. The number of hydrogen-bond acceptors (Lipinski definition) is 6. The van der Waals surface area contributed by atoms with E-state index in [2.05, 4.69) is 30.9 Å². The maximum absolute atomic E-state index is 11.7. The lowest BCUT2D eigenvalue weighted by Crippen LogP contribution is -2.13. The fourth-order valence-electron chi connectivity index (χ4n) is 1.67. The van der Waals surface area contributed by atoms with Crippen LogP contribution >= 0.6 is 0 Å². The van der Waals surface area contributed by atoms with Crippen molar-refractivity contribution in [3.05, 3.63) is 42.2 Å². The molecule has 0 spiro atoms. The first kappa shape index (κ1) is 12.0. The van der Waals surface area contributed by atoms with Gasteiger partial charge in [-0.2, -0.15) is 5.21 Å². The van der Waals surface area contributed by atoms with Gasteiger partial charge in [-0.15, -0.1) is 10.2 Å². The normalized spacial score (nSPS) is 10.4. The third kappa shape index (κ3) is 2.39. The third-order valence-corrected chi connectivity index (χ3v) is 2.61. The van der Waals surface area contributed by atoms with E-state index < -0.39 is 5.91 Å². The highest BCUT2D eigenvalue weighted by atomic mass is 16.3. The van der Waals surface area contributed by atoms with Crippen molar-refractivity contribution in [1.82, 2.24) is 25.6 Å². The van der Waals surface area contributed by atoms with E-state index in [1.54, 1.807) is 25.3 Å². The number of aromatic nitrogens is 5. The van der Waals surface area contributed by atoms with Gasteiger partial charge in [0.15, 0.2) is 5.89 Å². The minimum absolute atomic E-state index is 0.0128. The molecule has 8 heteroatoms. The summed E-state index contributed by atoms with van der Waals surface area (Å²) >= 11 is 0. The van der Waals surface area contributed by atoms with Gasteiger partial charge in [0, 0.05) is 18.2 Å². The Morgan fingerprint density at radius 3 is 2.70 bits per heavy atom. The zero-order chi connectivity index (χ0) is 13.9. The van der Waals surface area contributed by atoms with Crippen LogP contribution in [-0.4, -0.2) is 31.5 Å². The van der Waals surface area contributed by atoms with Gasteiger partial charge in [0.25, 0.3) is 11.7 Å². The molecule has 0 bridgehead atoms. The smallest absolute Gasteiger partial charge is 0.297 e. The second-order valence-electron chi connectivity index (χ2n) is 4.02. The second-order valence-corrected chi connectivity index (χ2v) is 4.02. The second kappa shape index (κ2) is 4.92. The van der Waals surface area contributed by atoms with Crippen LogP contribution in [0.4, 0.5) is 5.69 Å². The maximum atomic E-state index is 11.7. The van der Waals surface area contributed by atoms with Crippen molar-refractivity contribution in [3.63, 3.8) is 0 Å². The van der Waals surface area contributed by atoms with E-state index >= 15 is 0 Å². The molecule has 0 saturated heterocycles. The number of anilines is 1.